The minimum absolute atomic E-state index is 0.191. The van der Waals surface area contributed by atoms with Gasteiger partial charge in [0.25, 0.3) is 5.91 Å². The lowest BCUT2D eigenvalue weighted by atomic mass is 10.2. The fourth-order valence-electron chi connectivity index (χ4n) is 1.88. The predicted molar refractivity (Wildman–Crippen MR) is 97.8 cm³/mol. The lowest BCUT2D eigenvalue weighted by molar-refractivity contribution is -0.145. The van der Waals surface area contributed by atoms with Gasteiger partial charge in [0.2, 0.25) is 0 Å². The Morgan fingerprint density at radius 2 is 1.88 bits per heavy atom. The second kappa shape index (κ2) is 9.58. The van der Waals surface area contributed by atoms with Gasteiger partial charge in [0.05, 0.1) is 12.8 Å². The topological polar surface area (TPSA) is 77.0 Å². The van der Waals surface area contributed by atoms with Crippen molar-refractivity contribution < 1.29 is 19.1 Å². The molecular weight excluding hydrogens is 388 g/mol. The number of amides is 1. The molecule has 2 rings (SSSR count). The maximum Gasteiger partial charge on any atom is 0.344 e. The van der Waals surface area contributed by atoms with Gasteiger partial charge in [-0.2, -0.15) is 5.10 Å². The minimum atomic E-state index is -0.446. The first-order valence-electron chi connectivity index (χ1n) is 7.56. The Labute approximate surface area is 154 Å². The van der Waals surface area contributed by atoms with E-state index in [2.05, 4.69) is 26.5 Å². The van der Waals surface area contributed by atoms with Crippen molar-refractivity contribution in [3.63, 3.8) is 0 Å². The van der Waals surface area contributed by atoms with E-state index in [4.69, 9.17) is 9.47 Å². The molecule has 2 aromatic carbocycles. The molecule has 0 aromatic heterocycles. The number of ether oxygens (including phenoxy) is 2. The van der Waals surface area contributed by atoms with Crippen LogP contribution >= 0.6 is 15.9 Å². The van der Waals surface area contributed by atoms with Crippen molar-refractivity contribution in [2.45, 2.75) is 6.92 Å². The maximum absolute atomic E-state index is 12.0. The van der Waals surface area contributed by atoms with Crippen LogP contribution in [0.2, 0.25) is 0 Å². The Hall–Kier alpha value is -2.67. The molecule has 0 unspecified atom stereocenters. The molecule has 130 valence electrons. The number of para-hydroxylation sites is 1. The lowest BCUT2D eigenvalue weighted by Gasteiger charge is -2.08. The van der Waals surface area contributed by atoms with Crippen molar-refractivity contribution in [2.24, 2.45) is 5.10 Å². The molecule has 1 amide bonds. The van der Waals surface area contributed by atoms with Crippen molar-refractivity contribution in [1.29, 1.82) is 0 Å². The summed E-state index contributed by atoms with van der Waals surface area (Å²) in [5, 5.41) is 3.93. The van der Waals surface area contributed by atoms with Gasteiger partial charge in [0.15, 0.2) is 6.61 Å². The Kier molecular flexibility index (Phi) is 7.16. The summed E-state index contributed by atoms with van der Waals surface area (Å²) >= 11 is 3.31. The van der Waals surface area contributed by atoms with Crippen LogP contribution in [0.15, 0.2) is 58.1 Å². The SMILES string of the molecule is CCOC(=O)COc1ccccc1/C=N/NC(=O)c1ccc(Br)cc1. The molecule has 0 fully saturated rings. The molecule has 0 atom stereocenters. The molecular formula is C18H17BrN2O4. The van der Waals surface area contributed by atoms with Gasteiger partial charge in [-0.15, -0.1) is 0 Å². The molecule has 1 N–H and O–H groups in total. The van der Waals surface area contributed by atoms with Crippen LogP contribution in [-0.2, 0) is 9.53 Å². The molecule has 0 saturated carbocycles. The number of nitrogens with one attached hydrogen (secondary N) is 1. The summed E-state index contributed by atoms with van der Waals surface area (Å²) in [6.07, 6.45) is 1.46. The standard InChI is InChI=1S/C18H17BrN2O4/c1-2-24-17(22)12-25-16-6-4-3-5-14(16)11-20-21-18(23)13-7-9-15(19)10-8-13/h3-11H,2,12H2,1H3,(H,21,23)/b20-11+. The Balaban J connectivity index is 1.97. The maximum atomic E-state index is 12.0. The summed E-state index contributed by atoms with van der Waals surface area (Å²) in [7, 11) is 0. The summed E-state index contributed by atoms with van der Waals surface area (Å²) in [4.78, 5) is 23.4. The number of hydrogen-bond donors (Lipinski definition) is 1. The minimum Gasteiger partial charge on any atom is -0.481 e. The number of esters is 1. The lowest BCUT2D eigenvalue weighted by Crippen LogP contribution is -2.18. The average Bonchev–Trinajstić information content (AvgIpc) is 2.61. The van der Waals surface area contributed by atoms with Gasteiger partial charge in [-0.3, -0.25) is 4.79 Å². The molecule has 0 spiro atoms. The van der Waals surface area contributed by atoms with Crippen molar-refractivity contribution in [1.82, 2.24) is 5.43 Å². The summed E-state index contributed by atoms with van der Waals surface area (Å²) < 4.78 is 11.1. The number of carbonyl (C=O) groups is 2. The highest BCUT2D eigenvalue weighted by molar-refractivity contribution is 9.10. The molecule has 0 aliphatic rings. The first-order chi connectivity index (χ1) is 12.1. The first-order valence-corrected chi connectivity index (χ1v) is 8.36. The summed E-state index contributed by atoms with van der Waals surface area (Å²) in [6, 6.07) is 14.0. The van der Waals surface area contributed by atoms with E-state index < -0.39 is 5.97 Å². The number of benzene rings is 2. The Bertz CT molecular complexity index is 760. The molecule has 0 heterocycles. The molecule has 6 nitrogen and oxygen atoms in total. The molecule has 7 heteroatoms. The van der Waals surface area contributed by atoms with Crippen molar-refractivity contribution in [2.75, 3.05) is 13.2 Å². The van der Waals surface area contributed by atoms with E-state index in [9.17, 15) is 9.59 Å². The van der Waals surface area contributed by atoms with Crippen LogP contribution < -0.4 is 10.2 Å². The summed E-state index contributed by atoms with van der Waals surface area (Å²) in [5.74, 6) is -0.302. The van der Waals surface area contributed by atoms with Crippen LogP contribution in [-0.4, -0.2) is 31.3 Å². The monoisotopic (exact) mass is 404 g/mol. The number of carbonyl (C=O) groups excluding carboxylic acids is 2. The fraction of sp³-hybridized carbons (Fsp3) is 0.167. The van der Waals surface area contributed by atoms with Crippen LogP contribution in [0.4, 0.5) is 0 Å². The van der Waals surface area contributed by atoms with Gasteiger partial charge < -0.3 is 9.47 Å². The van der Waals surface area contributed by atoms with E-state index in [1.165, 1.54) is 6.21 Å². The zero-order chi connectivity index (χ0) is 18.1. The van der Waals surface area contributed by atoms with Crippen molar-refractivity contribution in [3.05, 3.63) is 64.1 Å². The van der Waals surface area contributed by atoms with Crippen LogP contribution in [0.3, 0.4) is 0 Å². The molecule has 0 bridgehead atoms. The van der Waals surface area contributed by atoms with Gasteiger partial charge >= 0.3 is 5.97 Å². The van der Waals surface area contributed by atoms with E-state index in [0.29, 0.717) is 23.5 Å². The molecule has 0 aliphatic heterocycles. The molecule has 0 aliphatic carbocycles. The molecule has 2 aromatic rings. The third kappa shape index (κ3) is 6.04. The van der Waals surface area contributed by atoms with Crippen molar-refractivity contribution in [3.8, 4) is 5.75 Å². The first kappa shape index (κ1) is 18.7. The van der Waals surface area contributed by atoms with Gasteiger partial charge in [0, 0.05) is 15.6 Å². The van der Waals surface area contributed by atoms with Crippen LogP contribution in [0, 0.1) is 0 Å². The highest BCUT2D eigenvalue weighted by Crippen LogP contribution is 2.16. The third-order valence-electron chi connectivity index (χ3n) is 3.05. The average molecular weight is 405 g/mol. The van der Waals surface area contributed by atoms with Crippen LogP contribution in [0.5, 0.6) is 5.75 Å². The fourth-order valence-corrected chi connectivity index (χ4v) is 2.15. The summed E-state index contributed by atoms with van der Waals surface area (Å²) in [6.45, 7) is 1.84. The normalized spacial score (nSPS) is 10.5. The second-order valence-electron chi connectivity index (χ2n) is 4.84. The second-order valence-corrected chi connectivity index (χ2v) is 5.75. The summed E-state index contributed by atoms with van der Waals surface area (Å²) in [5.41, 5.74) is 3.57. The highest BCUT2D eigenvalue weighted by Gasteiger charge is 2.07. The zero-order valence-corrected chi connectivity index (χ0v) is 15.2. The number of hydrazone groups is 1. The Morgan fingerprint density at radius 3 is 2.60 bits per heavy atom. The van der Waals surface area contributed by atoms with E-state index in [0.717, 1.165) is 4.47 Å². The smallest absolute Gasteiger partial charge is 0.344 e. The van der Waals surface area contributed by atoms with Crippen LogP contribution in [0.1, 0.15) is 22.8 Å². The Morgan fingerprint density at radius 1 is 1.16 bits per heavy atom. The molecule has 0 saturated heterocycles. The molecule has 25 heavy (non-hydrogen) atoms. The quantitative estimate of drug-likeness (QED) is 0.436. The van der Waals surface area contributed by atoms with E-state index in [1.807, 2.05) is 0 Å². The van der Waals surface area contributed by atoms with Crippen molar-refractivity contribution >= 4 is 34.0 Å². The zero-order valence-electron chi connectivity index (χ0n) is 13.6. The third-order valence-corrected chi connectivity index (χ3v) is 3.57. The number of hydrogen-bond acceptors (Lipinski definition) is 5. The van der Waals surface area contributed by atoms with Gasteiger partial charge in [0.1, 0.15) is 5.75 Å². The van der Waals surface area contributed by atoms with E-state index in [-0.39, 0.29) is 12.5 Å². The predicted octanol–water partition coefficient (Wildman–Crippen LogP) is 3.15. The largest absolute Gasteiger partial charge is 0.481 e. The van der Waals surface area contributed by atoms with Crippen LogP contribution in [0.25, 0.3) is 0 Å². The number of rotatable bonds is 7. The van der Waals surface area contributed by atoms with Gasteiger partial charge in [-0.25, -0.2) is 10.2 Å². The van der Waals surface area contributed by atoms with E-state index >= 15 is 0 Å². The van der Waals surface area contributed by atoms with Gasteiger partial charge in [-0.1, -0.05) is 28.1 Å². The molecule has 0 radical (unpaired) electrons. The van der Waals surface area contributed by atoms with Gasteiger partial charge in [-0.05, 0) is 43.3 Å². The highest BCUT2D eigenvalue weighted by atomic mass is 79.9. The number of halogens is 1. The van der Waals surface area contributed by atoms with E-state index in [1.54, 1.807) is 55.5 Å². The number of nitrogens with zero attached hydrogens (tertiary/aromatic N) is 1.